The maximum Gasteiger partial charge on any atom is 0.123 e. The predicted octanol–water partition coefficient (Wildman–Crippen LogP) is 3.39. The van der Waals surface area contributed by atoms with Crippen LogP contribution >= 0.6 is 12.2 Å². The minimum atomic E-state index is 0.453. The molecule has 3 nitrogen and oxygen atoms in total. The third-order valence-electron chi connectivity index (χ3n) is 3.62. The molecule has 2 N–H and O–H groups in total. The minimum absolute atomic E-state index is 0.453. The van der Waals surface area contributed by atoms with Crippen LogP contribution in [-0.2, 0) is 6.54 Å². The highest BCUT2D eigenvalue weighted by molar-refractivity contribution is 7.80. The lowest BCUT2D eigenvalue weighted by Crippen LogP contribution is -2.27. The first-order valence-electron chi connectivity index (χ1n) is 6.84. The Morgan fingerprint density at radius 2 is 2.20 bits per heavy atom. The monoisotopic (exact) mass is 286 g/mol. The third kappa shape index (κ3) is 2.70. The van der Waals surface area contributed by atoms with E-state index in [0.29, 0.717) is 11.0 Å². The van der Waals surface area contributed by atoms with E-state index in [1.165, 1.54) is 18.4 Å². The van der Waals surface area contributed by atoms with Gasteiger partial charge in [-0.05, 0) is 44.0 Å². The quantitative estimate of drug-likeness (QED) is 0.856. The van der Waals surface area contributed by atoms with Crippen molar-refractivity contribution in [2.24, 2.45) is 5.73 Å². The molecule has 0 amide bonds. The van der Waals surface area contributed by atoms with Gasteiger partial charge in [-0.1, -0.05) is 23.8 Å². The first kappa shape index (κ1) is 13.2. The van der Waals surface area contributed by atoms with E-state index in [0.717, 1.165) is 23.6 Å². The number of furan rings is 1. The Balaban J connectivity index is 1.97. The fraction of sp³-hybridized carbons (Fsp3) is 0.312. The molecule has 0 atom stereocenters. The van der Waals surface area contributed by atoms with Crippen LogP contribution in [0, 0.1) is 6.92 Å². The Morgan fingerprint density at radius 1 is 1.40 bits per heavy atom. The lowest BCUT2D eigenvalue weighted by Gasteiger charge is -2.26. The molecular formula is C16H18N2OS. The summed E-state index contributed by atoms with van der Waals surface area (Å²) in [5.74, 6) is 0.964. The Bertz CT molecular complexity index is 617. The summed E-state index contributed by atoms with van der Waals surface area (Å²) < 4.78 is 5.48. The van der Waals surface area contributed by atoms with Gasteiger partial charge in [-0.25, -0.2) is 0 Å². The van der Waals surface area contributed by atoms with Gasteiger partial charge in [0.1, 0.15) is 10.7 Å². The molecule has 1 fully saturated rings. The zero-order chi connectivity index (χ0) is 14.1. The number of aryl methyl sites for hydroxylation is 1. The predicted molar refractivity (Wildman–Crippen MR) is 85.0 cm³/mol. The van der Waals surface area contributed by atoms with Crippen LogP contribution in [0.15, 0.2) is 41.0 Å². The molecular weight excluding hydrogens is 268 g/mol. The van der Waals surface area contributed by atoms with Crippen molar-refractivity contribution in [3.8, 4) is 0 Å². The molecule has 104 valence electrons. The van der Waals surface area contributed by atoms with Crippen molar-refractivity contribution < 1.29 is 4.42 Å². The van der Waals surface area contributed by atoms with E-state index >= 15 is 0 Å². The molecule has 1 heterocycles. The Hall–Kier alpha value is -1.81. The van der Waals surface area contributed by atoms with Crippen molar-refractivity contribution in [3.63, 3.8) is 0 Å². The summed E-state index contributed by atoms with van der Waals surface area (Å²) in [5.41, 5.74) is 9.14. The van der Waals surface area contributed by atoms with Crippen molar-refractivity contribution in [1.82, 2.24) is 0 Å². The van der Waals surface area contributed by atoms with Crippen molar-refractivity contribution in [2.75, 3.05) is 4.90 Å². The van der Waals surface area contributed by atoms with Gasteiger partial charge in [0.05, 0.1) is 12.8 Å². The summed E-state index contributed by atoms with van der Waals surface area (Å²) in [6.07, 6.45) is 4.14. The highest BCUT2D eigenvalue weighted by Crippen LogP contribution is 2.35. The van der Waals surface area contributed by atoms with E-state index in [2.05, 4.69) is 30.0 Å². The molecule has 0 saturated heterocycles. The molecule has 1 aliphatic carbocycles. The minimum Gasteiger partial charge on any atom is -0.467 e. The topological polar surface area (TPSA) is 42.4 Å². The molecule has 0 radical (unpaired) electrons. The van der Waals surface area contributed by atoms with Crippen molar-refractivity contribution in [2.45, 2.75) is 32.4 Å². The number of thiocarbonyl (C=S) groups is 1. The average Bonchev–Trinajstić information content (AvgIpc) is 3.13. The van der Waals surface area contributed by atoms with Crippen LogP contribution in [0.5, 0.6) is 0 Å². The van der Waals surface area contributed by atoms with Crippen LogP contribution < -0.4 is 10.6 Å². The molecule has 0 spiro atoms. The van der Waals surface area contributed by atoms with Crippen LogP contribution in [0.25, 0.3) is 0 Å². The van der Waals surface area contributed by atoms with Crippen molar-refractivity contribution >= 4 is 22.9 Å². The van der Waals surface area contributed by atoms with Crippen LogP contribution in [0.1, 0.15) is 29.7 Å². The van der Waals surface area contributed by atoms with Crippen LogP contribution in [-0.4, -0.2) is 11.0 Å². The van der Waals surface area contributed by atoms with Crippen molar-refractivity contribution in [3.05, 3.63) is 53.5 Å². The normalized spacial score (nSPS) is 14.2. The molecule has 4 heteroatoms. The molecule has 20 heavy (non-hydrogen) atoms. The van der Waals surface area contributed by atoms with Gasteiger partial charge in [-0.15, -0.1) is 0 Å². The number of anilines is 1. The summed E-state index contributed by atoms with van der Waals surface area (Å²) in [6.45, 7) is 2.82. The fourth-order valence-corrected chi connectivity index (χ4v) is 2.63. The highest BCUT2D eigenvalue weighted by Gasteiger charge is 2.31. The molecule has 1 saturated carbocycles. The Morgan fingerprint density at radius 3 is 2.80 bits per heavy atom. The van der Waals surface area contributed by atoms with Gasteiger partial charge in [-0.2, -0.15) is 0 Å². The zero-order valence-electron chi connectivity index (χ0n) is 11.5. The van der Waals surface area contributed by atoms with E-state index < -0.39 is 0 Å². The summed E-state index contributed by atoms with van der Waals surface area (Å²) in [7, 11) is 0. The smallest absolute Gasteiger partial charge is 0.123 e. The largest absolute Gasteiger partial charge is 0.467 e. The first-order chi connectivity index (χ1) is 9.65. The molecule has 1 aromatic carbocycles. The summed E-state index contributed by atoms with van der Waals surface area (Å²) in [6, 6.07) is 10.8. The maximum atomic E-state index is 5.90. The van der Waals surface area contributed by atoms with Gasteiger partial charge >= 0.3 is 0 Å². The summed E-state index contributed by atoms with van der Waals surface area (Å²) >= 11 is 5.21. The molecule has 1 aliphatic rings. The van der Waals surface area contributed by atoms with Gasteiger partial charge in [-0.3, -0.25) is 0 Å². The van der Waals surface area contributed by atoms with Gasteiger partial charge in [0.15, 0.2) is 0 Å². The molecule has 0 bridgehead atoms. The number of rotatable bonds is 5. The molecule has 2 aromatic rings. The van der Waals surface area contributed by atoms with Crippen LogP contribution in [0.3, 0.4) is 0 Å². The number of benzene rings is 1. The Labute approximate surface area is 124 Å². The molecule has 0 unspecified atom stereocenters. The lowest BCUT2D eigenvalue weighted by atomic mass is 10.1. The molecule has 3 rings (SSSR count). The van der Waals surface area contributed by atoms with E-state index in [-0.39, 0.29) is 0 Å². The van der Waals surface area contributed by atoms with Crippen molar-refractivity contribution in [1.29, 1.82) is 0 Å². The number of nitrogens with zero attached hydrogens (tertiary/aromatic N) is 1. The zero-order valence-corrected chi connectivity index (χ0v) is 12.3. The molecule has 1 aromatic heterocycles. The average molecular weight is 286 g/mol. The van der Waals surface area contributed by atoms with Gasteiger partial charge < -0.3 is 15.1 Å². The fourth-order valence-electron chi connectivity index (χ4n) is 2.47. The summed E-state index contributed by atoms with van der Waals surface area (Å²) in [5, 5.41) is 0. The van der Waals surface area contributed by atoms with E-state index in [1.807, 2.05) is 12.1 Å². The maximum absolute atomic E-state index is 5.90. The third-order valence-corrected chi connectivity index (χ3v) is 3.84. The lowest BCUT2D eigenvalue weighted by molar-refractivity contribution is 0.501. The van der Waals surface area contributed by atoms with Gasteiger partial charge in [0, 0.05) is 17.3 Å². The second kappa shape index (κ2) is 5.29. The second-order valence-corrected chi connectivity index (χ2v) is 5.76. The first-order valence-corrected chi connectivity index (χ1v) is 7.25. The van der Waals surface area contributed by atoms with E-state index in [4.69, 9.17) is 22.4 Å². The van der Waals surface area contributed by atoms with Crippen LogP contribution in [0.2, 0.25) is 0 Å². The van der Waals surface area contributed by atoms with Gasteiger partial charge in [0.2, 0.25) is 0 Å². The number of hydrogen-bond acceptors (Lipinski definition) is 3. The summed E-state index contributed by atoms with van der Waals surface area (Å²) in [4.78, 5) is 2.81. The van der Waals surface area contributed by atoms with E-state index in [1.54, 1.807) is 6.26 Å². The standard InChI is InChI=1S/C16H18N2OS/c1-11-4-7-15(14(9-11)16(17)20)18(12-5-6-12)10-13-3-2-8-19-13/h2-4,7-9,12H,5-6,10H2,1H3,(H2,17,20). The Kier molecular flexibility index (Phi) is 3.49. The highest BCUT2D eigenvalue weighted by atomic mass is 32.1. The number of hydrogen-bond donors (Lipinski definition) is 1. The van der Waals surface area contributed by atoms with E-state index in [9.17, 15) is 0 Å². The van der Waals surface area contributed by atoms with Crippen LogP contribution in [0.4, 0.5) is 5.69 Å². The molecule has 0 aliphatic heterocycles. The van der Waals surface area contributed by atoms with Gasteiger partial charge in [0.25, 0.3) is 0 Å². The SMILES string of the molecule is Cc1ccc(N(Cc2ccco2)C2CC2)c(C(N)=S)c1. The number of nitrogens with two attached hydrogens (primary N) is 1. The second-order valence-electron chi connectivity index (χ2n) is 5.32.